The molecule has 2 rings (SSSR count). The van der Waals surface area contributed by atoms with Crippen LogP contribution in [-0.4, -0.2) is 31.3 Å². The Morgan fingerprint density at radius 1 is 0.853 bits per heavy atom. The first kappa shape index (κ1) is 26.9. The van der Waals surface area contributed by atoms with Crippen molar-refractivity contribution in [2.45, 2.75) is 65.7 Å². The second-order valence-electron chi connectivity index (χ2n) is 7.80. The number of nitrogens with zero attached hydrogens (tertiary/aromatic N) is 1. The zero-order chi connectivity index (χ0) is 24.6. The Kier molecular flexibility index (Phi) is 12.2. The van der Waals surface area contributed by atoms with Crippen molar-refractivity contribution in [2.75, 3.05) is 13.2 Å². The van der Waals surface area contributed by atoms with Crippen LogP contribution in [0.25, 0.3) is 0 Å². The van der Waals surface area contributed by atoms with E-state index >= 15 is 0 Å². The number of esters is 1. The number of nitrogens with one attached hydrogen (secondary N) is 1. The average Bonchev–Trinajstić information content (AvgIpc) is 2.83. The Hall–Kier alpha value is -3.35. The lowest BCUT2D eigenvalue weighted by Gasteiger charge is -2.11. The molecule has 0 radical (unpaired) electrons. The molecule has 0 saturated heterocycles. The van der Waals surface area contributed by atoms with Crippen LogP contribution < -0.4 is 19.6 Å². The summed E-state index contributed by atoms with van der Waals surface area (Å²) in [6.45, 7) is 6.90. The summed E-state index contributed by atoms with van der Waals surface area (Å²) in [6.07, 6.45) is 8.80. The van der Waals surface area contributed by atoms with Gasteiger partial charge in [-0.15, -0.1) is 0 Å². The number of carbonyl (C=O) groups excluding carboxylic acids is 2. The standard InChI is InChI=1S/C27H36N2O5/c1-4-7-8-9-10-11-12-26(30)29-28-20-21-13-18-24(25(19-21)33-6-3)34-27(31)22-14-16-23(17-15-22)32-5-2/h13-20H,4-12H2,1-3H3,(H,29,30). The molecule has 0 aliphatic heterocycles. The lowest BCUT2D eigenvalue weighted by molar-refractivity contribution is -0.121. The molecule has 0 aliphatic carbocycles. The van der Waals surface area contributed by atoms with E-state index in [0.29, 0.717) is 48.0 Å². The van der Waals surface area contributed by atoms with Gasteiger partial charge < -0.3 is 14.2 Å². The fraction of sp³-hybridized carbons (Fsp3) is 0.444. The molecule has 0 fully saturated rings. The lowest BCUT2D eigenvalue weighted by Crippen LogP contribution is -2.16. The summed E-state index contributed by atoms with van der Waals surface area (Å²) in [4.78, 5) is 24.5. The van der Waals surface area contributed by atoms with Gasteiger partial charge in [-0.1, -0.05) is 39.0 Å². The summed E-state index contributed by atoms with van der Waals surface area (Å²) >= 11 is 0. The highest BCUT2D eigenvalue weighted by Crippen LogP contribution is 2.29. The van der Waals surface area contributed by atoms with Crippen molar-refractivity contribution in [3.8, 4) is 17.2 Å². The zero-order valence-corrected chi connectivity index (χ0v) is 20.5. The zero-order valence-electron chi connectivity index (χ0n) is 20.5. The molecule has 7 heteroatoms. The number of unbranched alkanes of at least 4 members (excludes halogenated alkanes) is 5. The highest BCUT2D eigenvalue weighted by atomic mass is 16.6. The molecule has 0 bridgehead atoms. The van der Waals surface area contributed by atoms with E-state index < -0.39 is 5.97 Å². The highest BCUT2D eigenvalue weighted by Gasteiger charge is 2.13. The maximum atomic E-state index is 12.5. The molecule has 34 heavy (non-hydrogen) atoms. The molecule has 0 saturated carbocycles. The molecule has 7 nitrogen and oxygen atoms in total. The minimum absolute atomic E-state index is 0.0994. The van der Waals surface area contributed by atoms with Crippen molar-refractivity contribution in [1.82, 2.24) is 5.43 Å². The van der Waals surface area contributed by atoms with E-state index in [-0.39, 0.29) is 5.91 Å². The Morgan fingerprint density at radius 2 is 1.56 bits per heavy atom. The molecule has 0 atom stereocenters. The van der Waals surface area contributed by atoms with Gasteiger partial charge in [0.1, 0.15) is 5.75 Å². The number of hydrogen-bond acceptors (Lipinski definition) is 6. The van der Waals surface area contributed by atoms with Crippen LogP contribution in [-0.2, 0) is 4.79 Å². The van der Waals surface area contributed by atoms with Crippen LogP contribution in [0.2, 0.25) is 0 Å². The number of ether oxygens (including phenoxy) is 3. The molecule has 0 heterocycles. The van der Waals surface area contributed by atoms with Crippen LogP contribution >= 0.6 is 0 Å². The summed E-state index contributed by atoms with van der Waals surface area (Å²) in [6, 6.07) is 11.9. The van der Waals surface area contributed by atoms with E-state index in [0.717, 1.165) is 12.8 Å². The lowest BCUT2D eigenvalue weighted by atomic mass is 10.1. The number of hydrogen-bond donors (Lipinski definition) is 1. The van der Waals surface area contributed by atoms with Crippen molar-refractivity contribution in [3.63, 3.8) is 0 Å². The van der Waals surface area contributed by atoms with Gasteiger partial charge in [0.2, 0.25) is 5.91 Å². The molecule has 0 aliphatic rings. The first-order valence-corrected chi connectivity index (χ1v) is 12.1. The number of rotatable bonds is 15. The average molecular weight is 469 g/mol. The molecule has 0 aromatic heterocycles. The molecule has 1 amide bonds. The largest absolute Gasteiger partial charge is 0.494 e. The van der Waals surface area contributed by atoms with Crippen LogP contribution in [0.3, 0.4) is 0 Å². The first-order chi connectivity index (χ1) is 16.6. The van der Waals surface area contributed by atoms with Crippen LogP contribution in [0, 0.1) is 0 Å². The third-order valence-electron chi connectivity index (χ3n) is 5.03. The van der Waals surface area contributed by atoms with Crippen LogP contribution in [0.15, 0.2) is 47.6 Å². The molecular weight excluding hydrogens is 432 g/mol. The van der Waals surface area contributed by atoms with Gasteiger partial charge in [-0.05, 0) is 68.3 Å². The minimum Gasteiger partial charge on any atom is -0.494 e. The molecule has 0 unspecified atom stereocenters. The Balaban J connectivity index is 1.91. The van der Waals surface area contributed by atoms with E-state index in [1.165, 1.54) is 25.7 Å². The molecular formula is C27H36N2O5. The van der Waals surface area contributed by atoms with Gasteiger partial charge in [0.05, 0.1) is 25.0 Å². The second kappa shape index (κ2) is 15.5. The first-order valence-electron chi connectivity index (χ1n) is 12.1. The summed E-state index contributed by atoms with van der Waals surface area (Å²) in [5.74, 6) is 0.830. The topological polar surface area (TPSA) is 86.2 Å². The molecule has 0 spiro atoms. The van der Waals surface area contributed by atoms with Crippen molar-refractivity contribution in [2.24, 2.45) is 5.10 Å². The van der Waals surface area contributed by atoms with E-state index in [1.54, 1.807) is 48.7 Å². The van der Waals surface area contributed by atoms with Gasteiger partial charge in [0.15, 0.2) is 11.5 Å². The van der Waals surface area contributed by atoms with Gasteiger partial charge in [0, 0.05) is 6.42 Å². The number of amides is 1. The summed E-state index contributed by atoms with van der Waals surface area (Å²) in [5.41, 5.74) is 3.68. The van der Waals surface area contributed by atoms with Gasteiger partial charge in [-0.3, -0.25) is 4.79 Å². The summed E-state index contributed by atoms with van der Waals surface area (Å²) in [5, 5.41) is 4.03. The minimum atomic E-state index is -0.493. The third kappa shape index (κ3) is 9.65. The van der Waals surface area contributed by atoms with Crippen LogP contribution in [0.4, 0.5) is 0 Å². The van der Waals surface area contributed by atoms with E-state index in [4.69, 9.17) is 14.2 Å². The molecule has 184 valence electrons. The number of benzene rings is 2. The number of carbonyl (C=O) groups is 2. The second-order valence-corrected chi connectivity index (χ2v) is 7.80. The van der Waals surface area contributed by atoms with Gasteiger partial charge in [0.25, 0.3) is 0 Å². The molecule has 2 aromatic carbocycles. The van der Waals surface area contributed by atoms with Gasteiger partial charge in [-0.2, -0.15) is 5.10 Å². The highest BCUT2D eigenvalue weighted by molar-refractivity contribution is 5.91. The van der Waals surface area contributed by atoms with Crippen LogP contribution in [0.5, 0.6) is 17.2 Å². The fourth-order valence-corrected chi connectivity index (χ4v) is 3.27. The fourth-order valence-electron chi connectivity index (χ4n) is 3.27. The van der Waals surface area contributed by atoms with Crippen molar-refractivity contribution in [3.05, 3.63) is 53.6 Å². The van der Waals surface area contributed by atoms with E-state index in [9.17, 15) is 9.59 Å². The Labute approximate surface area is 202 Å². The Morgan fingerprint density at radius 3 is 2.26 bits per heavy atom. The monoisotopic (exact) mass is 468 g/mol. The van der Waals surface area contributed by atoms with E-state index in [2.05, 4.69) is 17.5 Å². The molecule has 1 N–H and O–H groups in total. The summed E-state index contributed by atoms with van der Waals surface area (Å²) < 4.78 is 16.6. The molecule has 2 aromatic rings. The van der Waals surface area contributed by atoms with Crippen LogP contribution in [0.1, 0.15) is 81.6 Å². The van der Waals surface area contributed by atoms with E-state index in [1.807, 2.05) is 13.8 Å². The predicted octanol–water partition coefficient (Wildman–Crippen LogP) is 5.90. The number of hydrazone groups is 1. The summed E-state index contributed by atoms with van der Waals surface area (Å²) in [7, 11) is 0. The maximum Gasteiger partial charge on any atom is 0.343 e. The smallest absolute Gasteiger partial charge is 0.343 e. The van der Waals surface area contributed by atoms with Crippen molar-refractivity contribution in [1.29, 1.82) is 0 Å². The van der Waals surface area contributed by atoms with Crippen molar-refractivity contribution >= 4 is 18.1 Å². The SMILES string of the molecule is CCCCCCCCC(=O)NN=Cc1ccc(OC(=O)c2ccc(OCC)cc2)c(OCC)c1. The van der Waals surface area contributed by atoms with Gasteiger partial charge in [-0.25, -0.2) is 10.2 Å². The quantitative estimate of drug-likeness (QED) is 0.116. The maximum absolute atomic E-state index is 12.5. The Bertz CT molecular complexity index is 925. The third-order valence-corrected chi connectivity index (χ3v) is 5.03. The van der Waals surface area contributed by atoms with Gasteiger partial charge >= 0.3 is 5.97 Å². The van der Waals surface area contributed by atoms with Crippen molar-refractivity contribution < 1.29 is 23.8 Å². The normalized spacial score (nSPS) is 10.8. The predicted molar refractivity (Wildman–Crippen MR) is 134 cm³/mol.